The van der Waals surface area contributed by atoms with Gasteiger partial charge in [0.2, 0.25) is 0 Å². The lowest BCUT2D eigenvalue weighted by atomic mass is 10.1. The first-order valence-electron chi connectivity index (χ1n) is 7.29. The fraction of sp³-hybridized carbons (Fsp3) is 0.562. The molecule has 1 aromatic carbocycles. The van der Waals surface area contributed by atoms with Gasteiger partial charge in [-0.2, -0.15) is 0 Å². The second kappa shape index (κ2) is 7.43. The molecule has 0 radical (unpaired) electrons. The number of hydrogen-bond donors (Lipinski definition) is 1. The number of piperidine rings is 1. The average molecular weight is 293 g/mol. The SMILES string of the molecule is COCC(C(=O)O)N1CCC(Oc2ccc(C)cc2)CC1. The minimum Gasteiger partial charge on any atom is -0.490 e. The predicted octanol–water partition coefficient (Wildman–Crippen LogP) is 1.94. The van der Waals surface area contributed by atoms with E-state index in [0.717, 1.165) is 31.7 Å². The fourth-order valence-electron chi connectivity index (χ4n) is 2.61. The number of methoxy groups -OCH3 is 1. The van der Waals surface area contributed by atoms with E-state index in [-0.39, 0.29) is 12.7 Å². The molecule has 0 aromatic heterocycles. The van der Waals surface area contributed by atoms with Gasteiger partial charge >= 0.3 is 5.97 Å². The van der Waals surface area contributed by atoms with Crippen LogP contribution in [0.3, 0.4) is 0 Å². The summed E-state index contributed by atoms with van der Waals surface area (Å²) >= 11 is 0. The van der Waals surface area contributed by atoms with Crippen molar-refractivity contribution in [2.45, 2.75) is 31.9 Å². The van der Waals surface area contributed by atoms with Crippen LogP contribution in [0, 0.1) is 6.92 Å². The highest BCUT2D eigenvalue weighted by molar-refractivity contribution is 5.73. The highest BCUT2D eigenvalue weighted by atomic mass is 16.5. The molecule has 0 amide bonds. The standard InChI is InChI=1S/C16H23NO4/c1-12-3-5-13(6-4-12)21-14-7-9-17(10-8-14)15(11-20-2)16(18)19/h3-6,14-15H,7-11H2,1-2H3,(H,18,19). The molecule has 1 atom stereocenters. The van der Waals surface area contributed by atoms with Crippen molar-refractivity contribution >= 4 is 5.97 Å². The van der Waals surface area contributed by atoms with E-state index in [2.05, 4.69) is 0 Å². The van der Waals surface area contributed by atoms with Gasteiger partial charge in [-0.15, -0.1) is 0 Å². The number of nitrogens with zero attached hydrogens (tertiary/aromatic N) is 1. The van der Waals surface area contributed by atoms with Gasteiger partial charge in [0.05, 0.1) is 6.61 Å². The summed E-state index contributed by atoms with van der Waals surface area (Å²) in [5.74, 6) is 0.0560. The van der Waals surface area contributed by atoms with E-state index in [9.17, 15) is 9.90 Å². The predicted molar refractivity (Wildman–Crippen MR) is 79.7 cm³/mol. The van der Waals surface area contributed by atoms with Crippen LogP contribution in [-0.2, 0) is 9.53 Å². The zero-order valence-corrected chi connectivity index (χ0v) is 12.6. The van der Waals surface area contributed by atoms with Crippen molar-refractivity contribution in [3.8, 4) is 5.75 Å². The quantitative estimate of drug-likeness (QED) is 0.868. The number of rotatable bonds is 6. The Hall–Kier alpha value is -1.59. The molecule has 0 spiro atoms. The van der Waals surface area contributed by atoms with Gasteiger partial charge in [0.1, 0.15) is 17.9 Å². The molecular weight excluding hydrogens is 270 g/mol. The first-order valence-corrected chi connectivity index (χ1v) is 7.29. The molecule has 1 saturated heterocycles. The number of carboxylic acids is 1. The zero-order chi connectivity index (χ0) is 15.2. The van der Waals surface area contributed by atoms with Gasteiger partial charge in [-0.3, -0.25) is 9.69 Å². The van der Waals surface area contributed by atoms with Crippen molar-refractivity contribution in [2.24, 2.45) is 0 Å². The van der Waals surface area contributed by atoms with Crippen LogP contribution >= 0.6 is 0 Å². The third-order valence-corrected chi connectivity index (χ3v) is 3.85. The lowest BCUT2D eigenvalue weighted by molar-refractivity contribution is -0.146. The Morgan fingerprint density at radius 3 is 2.48 bits per heavy atom. The van der Waals surface area contributed by atoms with Crippen LogP contribution in [0.2, 0.25) is 0 Å². The van der Waals surface area contributed by atoms with Crippen LogP contribution in [0.25, 0.3) is 0 Å². The summed E-state index contributed by atoms with van der Waals surface area (Å²) in [6.07, 6.45) is 1.82. The van der Waals surface area contributed by atoms with Gasteiger partial charge in [0.15, 0.2) is 0 Å². The smallest absolute Gasteiger partial charge is 0.323 e. The van der Waals surface area contributed by atoms with Gasteiger partial charge < -0.3 is 14.6 Å². The number of aliphatic carboxylic acids is 1. The monoisotopic (exact) mass is 293 g/mol. The zero-order valence-electron chi connectivity index (χ0n) is 12.6. The minimum atomic E-state index is -0.824. The van der Waals surface area contributed by atoms with E-state index in [1.54, 1.807) is 0 Å². The maximum Gasteiger partial charge on any atom is 0.323 e. The third-order valence-electron chi connectivity index (χ3n) is 3.85. The Morgan fingerprint density at radius 2 is 1.95 bits per heavy atom. The molecule has 0 aliphatic carbocycles. The number of carbonyl (C=O) groups is 1. The molecule has 1 heterocycles. The minimum absolute atomic E-state index is 0.154. The molecule has 0 bridgehead atoms. The van der Waals surface area contributed by atoms with Gasteiger partial charge in [-0.1, -0.05) is 17.7 Å². The first-order chi connectivity index (χ1) is 10.1. The highest BCUT2D eigenvalue weighted by Crippen LogP contribution is 2.20. The van der Waals surface area contributed by atoms with Gasteiger partial charge in [0.25, 0.3) is 0 Å². The van der Waals surface area contributed by atoms with Crippen molar-refractivity contribution < 1.29 is 19.4 Å². The first kappa shape index (κ1) is 15.8. The van der Waals surface area contributed by atoms with Gasteiger partial charge in [0, 0.05) is 20.2 Å². The number of carboxylic acid groups (broad SMARTS) is 1. The molecule has 116 valence electrons. The topological polar surface area (TPSA) is 59.0 Å². The van der Waals surface area contributed by atoms with Gasteiger partial charge in [-0.05, 0) is 31.9 Å². The molecular formula is C16H23NO4. The second-order valence-corrected chi connectivity index (χ2v) is 5.48. The summed E-state index contributed by atoms with van der Waals surface area (Å²) < 4.78 is 11.0. The molecule has 1 unspecified atom stereocenters. The third kappa shape index (κ3) is 4.44. The lowest BCUT2D eigenvalue weighted by Gasteiger charge is -2.35. The molecule has 5 heteroatoms. The second-order valence-electron chi connectivity index (χ2n) is 5.48. The summed E-state index contributed by atoms with van der Waals surface area (Å²) in [6.45, 7) is 3.70. The van der Waals surface area contributed by atoms with Crippen LogP contribution < -0.4 is 4.74 Å². The molecule has 2 rings (SSSR count). The lowest BCUT2D eigenvalue weighted by Crippen LogP contribution is -2.49. The maximum atomic E-state index is 11.2. The number of ether oxygens (including phenoxy) is 2. The maximum absolute atomic E-state index is 11.2. The Balaban J connectivity index is 1.85. The van der Waals surface area contributed by atoms with Crippen LogP contribution in [-0.4, -0.2) is 54.9 Å². The summed E-state index contributed by atoms with van der Waals surface area (Å²) in [5.41, 5.74) is 1.21. The summed E-state index contributed by atoms with van der Waals surface area (Å²) in [6, 6.07) is 7.46. The fourth-order valence-corrected chi connectivity index (χ4v) is 2.61. The van der Waals surface area contributed by atoms with Crippen molar-refractivity contribution in [3.05, 3.63) is 29.8 Å². The van der Waals surface area contributed by atoms with Crippen molar-refractivity contribution in [1.82, 2.24) is 4.90 Å². The Labute approximate surface area is 125 Å². The van der Waals surface area contributed by atoms with Crippen molar-refractivity contribution in [2.75, 3.05) is 26.8 Å². The number of aryl methyl sites for hydroxylation is 1. The Bertz CT molecular complexity index is 452. The number of hydrogen-bond acceptors (Lipinski definition) is 4. The number of likely N-dealkylation sites (tertiary alicyclic amines) is 1. The largest absolute Gasteiger partial charge is 0.490 e. The molecule has 1 aliphatic rings. The highest BCUT2D eigenvalue weighted by Gasteiger charge is 2.30. The molecule has 21 heavy (non-hydrogen) atoms. The normalized spacial score (nSPS) is 18.4. The van der Waals surface area contributed by atoms with Crippen LogP contribution in [0.5, 0.6) is 5.75 Å². The molecule has 1 aromatic rings. The van der Waals surface area contributed by atoms with Crippen molar-refractivity contribution in [1.29, 1.82) is 0 Å². The Morgan fingerprint density at radius 1 is 1.33 bits per heavy atom. The average Bonchev–Trinajstić information content (AvgIpc) is 2.48. The van der Waals surface area contributed by atoms with E-state index in [1.807, 2.05) is 36.1 Å². The molecule has 1 N–H and O–H groups in total. The van der Waals surface area contributed by atoms with E-state index in [4.69, 9.17) is 9.47 Å². The van der Waals surface area contributed by atoms with Crippen molar-refractivity contribution in [3.63, 3.8) is 0 Å². The molecule has 1 aliphatic heterocycles. The van der Waals surface area contributed by atoms with Crippen LogP contribution in [0.1, 0.15) is 18.4 Å². The summed E-state index contributed by atoms with van der Waals surface area (Å²) in [5, 5.41) is 9.23. The van der Waals surface area contributed by atoms with Crippen LogP contribution in [0.15, 0.2) is 24.3 Å². The molecule has 1 fully saturated rings. The number of benzene rings is 1. The Kier molecular flexibility index (Phi) is 5.59. The van der Waals surface area contributed by atoms with E-state index in [1.165, 1.54) is 12.7 Å². The van der Waals surface area contributed by atoms with E-state index < -0.39 is 12.0 Å². The molecule has 5 nitrogen and oxygen atoms in total. The summed E-state index contributed by atoms with van der Waals surface area (Å²) in [7, 11) is 1.53. The van der Waals surface area contributed by atoms with E-state index >= 15 is 0 Å². The summed E-state index contributed by atoms with van der Waals surface area (Å²) in [4.78, 5) is 13.2. The van der Waals surface area contributed by atoms with Crippen LogP contribution in [0.4, 0.5) is 0 Å². The van der Waals surface area contributed by atoms with E-state index in [0.29, 0.717) is 0 Å². The molecule has 0 saturated carbocycles. The van der Waals surface area contributed by atoms with Gasteiger partial charge in [-0.25, -0.2) is 0 Å².